The van der Waals surface area contributed by atoms with Crippen LogP contribution in [0.15, 0.2) is 0 Å². The van der Waals surface area contributed by atoms with E-state index < -0.39 is 17.6 Å². The van der Waals surface area contributed by atoms with E-state index in [0.717, 1.165) is 12.8 Å². The van der Waals surface area contributed by atoms with E-state index in [-0.39, 0.29) is 12.5 Å². The zero-order valence-corrected chi connectivity index (χ0v) is 9.98. The highest BCUT2D eigenvalue weighted by Crippen LogP contribution is 2.30. The predicted octanol–water partition coefficient (Wildman–Crippen LogP) is -0.544. The second kappa shape index (κ2) is 5.46. The highest BCUT2D eigenvalue weighted by atomic mass is 16.4. The van der Waals surface area contributed by atoms with Gasteiger partial charge < -0.3 is 21.3 Å². The Balaban J connectivity index is 2.48. The van der Waals surface area contributed by atoms with Crippen molar-refractivity contribution in [2.24, 2.45) is 11.7 Å². The Morgan fingerprint density at radius 2 is 2.24 bits per heavy atom. The number of nitrogens with one attached hydrogen (secondary N) is 1. The minimum Gasteiger partial charge on any atom is -0.479 e. The molecule has 17 heavy (non-hydrogen) atoms. The number of nitrogens with two attached hydrogens (primary N) is 1. The Morgan fingerprint density at radius 1 is 1.59 bits per heavy atom. The predicted molar refractivity (Wildman–Crippen MR) is 61.2 cm³/mol. The van der Waals surface area contributed by atoms with Crippen LogP contribution in [-0.2, 0) is 9.59 Å². The van der Waals surface area contributed by atoms with Gasteiger partial charge in [-0.15, -0.1) is 0 Å². The van der Waals surface area contributed by atoms with Crippen LogP contribution >= 0.6 is 0 Å². The minimum absolute atomic E-state index is 0.304. The molecule has 0 spiro atoms. The van der Waals surface area contributed by atoms with Gasteiger partial charge in [-0.25, -0.2) is 4.79 Å². The largest absolute Gasteiger partial charge is 0.479 e. The van der Waals surface area contributed by atoms with Gasteiger partial charge >= 0.3 is 5.97 Å². The standard InChI is InChI=1S/C11H20N2O4/c1-7-3-2-4-11(12,5-7)10(17)13-6-8(14)9(15)16/h7-8,14H,2-6,12H2,1H3,(H,13,17)(H,15,16). The van der Waals surface area contributed by atoms with Crippen molar-refractivity contribution in [3.8, 4) is 0 Å². The number of amides is 1. The van der Waals surface area contributed by atoms with Gasteiger partial charge in [0.1, 0.15) is 0 Å². The summed E-state index contributed by atoms with van der Waals surface area (Å²) in [5, 5.41) is 19.9. The molecule has 3 unspecified atom stereocenters. The van der Waals surface area contributed by atoms with Gasteiger partial charge in [0.2, 0.25) is 5.91 Å². The average Bonchev–Trinajstić information content (AvgIpc) is 2.24. The van der Waals surface area contributed by atoms with Crippen LogP contribution in [0.3, 0.4) is 0 Å². The van der Waals surface area contributed by atoms with Crippen LogP contribution < -0.4 is 11.1 Å². The van der Waals surface area contributed by atoms with Gasteiger partial charge in [-0.1, -0.05) is 19.8 Å². The summed E-state index contributed by atoms with van der Waals surface area (Å²) >= 11 is 0. The van der Waals surface area contributed by atoms with Crippen LogP contribution in [0.1, 0.15) is 32.6 Å². The molecule has 6 nitrogen and oxygen atoms in total. The first-order chi connectivity index (χ1) is 7.85. The molecule has 5 N–H and O–H groups in total. The molecule has 6 heteroatoms. The Hall–Kier alpha value is -1.14. The van der Waals surface area contributed by atoms with E-state index >= 15 is 0 Å². The van der Waals surface area contributed by atoms with Crippen molar-refractivity contribution < 1.29 is 19.8 Å². The van der Waals surface area contributed by atoms with Gasteiger partial charge in [0.05, 0.1) is 12.1 Å². The van der Waals surface area contributed by atoms with Gasteiger partial charge in [-0.05, 0) is 18.8 Å². The van der Waals surface area contributed by atoms with Crippen molar-refractivity contribution in [2.75, 3.05) is 6.54 Å². The summed E-state index contributed by atoms with van der Waals surface area (Å²) in [5.74, 6) is -1.33. The number of hydrogen-bond donors (Lipinski definition) is 4. The Kier molecular flexibility index (Phi) is 4.47. The third kappa shape index (κ3) is 3.67. The minimum atomic E-state index is -1.58. The first kappa shape index (κ1) is 13.9. The molecule has 98 valence electrons. The van der Waals surface area contributed by atoms with Crippen LogP contribution in [0.25, 0.3) is 0 Å². The third-order valence-corrected chi connectivity index (χ3v) is 3.23. The van der Waals surface area contributed by atoms with Crippen molar-refractivity contribution in [1.82, 2.24) is 5.32 Å². The number of rotatable bonds is 4. The van der Waals surface area contributed by atoms with E-state index in [0.29, 0.717) is 18.8 Å². The summed E-state index contributed by atoms with van der Waals surface area (Å²) in [5.41, 5.74) is 5.09. The molecule has 1 saturated carbocycles. The van der Waals surface area contributed by atoms with Gasteiger partial charge in [0.25, 0.3) is 0 Å². The number of aliphatic hydroxyl groups is 1. The lowest BCUT2D eigenvalue weighted by molar-refractivity contribution is -0.146. The molecule has 0 aromatic rings. The summed E-state index contributed by atoms with van der Waals surface area (Å²) in [4.78, 5) is 22.2. The van der Waals surface area contributed by atoms with Crippen LogP contribution in [0.2, 0.25) is 0 Å². The zero-order valence-electron chi connectivity index (χ0n) is 9.98. The van der Waals surface area contributed by atoms with Crippen molar-refractivity contribution in [2.45, 2.75) is 44.2 Å². The average molecular weight is 244 g/mol. The molecule has 0 radical (unpaired) electrons. The van der Waals surface area contributed by atoms with E-state index in [2.05, 4.69) is 5.32 Å². The maximum Gasteiger partial charge on any atom is 0.334 e. The van der Waals surface area contributed by atoms with Gasteiger partial charge in [0.15, 0.2) is 6.10 Å². The SMILES string of the molecule is CC1CCCC(N)(C(=O)NCC(O)C(=O)O)C1. The summed E-state index contributed by atoms with van der Waals surface area (Å²) in [6.45, 7) is 1.74. The summed E-state index contributed by atoms with van der Waals surface area (Å²) in [6, 6.07) is 0. The number of carboxylic acid groups (broad SMARTS) is 1. The number of aliphatic carboxylic acids is 1. The molecular weight excluding hydrogens is 224 g/mol. The fourth-order valence-corrected chi connectivity index (χ4v) is 2.25. The molecule has 3 atom stereocenters. The summed E-state index contributed by atoms with van der Waals surface area (Å²) in [6.07, 6.45) is 1.58. The first-order valence-corrected chi connectivity index (χ1v) is 5.83. The Morgan fingerprint density at radius 3 is 2.76 bits per heavy atom. The first-order valence-electron chi connectivity index (χ1n) is 5.83. The molecule has 0 aromatic carbocycles. The number of carbonyl (C=O) groups is 2. The van der Waals surface area contributed by atoms with Crippen molar-refractivity contribution in [1.29, 1.82) is 0 Å². The molecule has 1 fully saturated rings. The maximum atomic E-state index is 11.9. The summed E-state index contributed by atoms with van der Waals surface area (Å²) in [7, 11) is 0. The number of hydrogen-bond acceptors (Lipinski definition) is 4. The van der Waals surface area contributed by atoms with Crippen molar-refractivity contribution in [3.63, 3.8) is 0 Å². The van der Waals surface area contributed by atoms with Gasteiger partial charge in [0, 0.05) is 0 Å². The maximum absolute atomic E-state index is 11.9. The monoisotopic (exact) mass is 244 g/mol. The fourth-order valence-electron chi connectivity index (χ4n) is 2.25. The molecule has 1 aliphatic carbocycles. The highest BCUT2D eigenvalue weighted by molar-refractivity contribution is 5.86. The molecule has 0 bridgehead atoms. The van der Waals surface area contributed by atoms with Crippen molar-refractivity contribution in [3.05, 3.63) is 0 Å². The van der Waals surface area contributed by atoms with E-state index in [4.69, 9.17) is 15.9 Å². The van der Waals surface area contributed by atoms with E-state index in [9.17, 15) is 9.59 Å². The number of aliphatic hydroxyl groups excluding tert-OH is 1. The Bertz CT molecular complexity index is 308. The van der Waals surface area contributed by atoms with Gasteiger partial charge in [-0.3, -0.25) is 4.79 Å². The number of carbonyl (C=O) groups excluding carboxylic acids is 1. The molecular formula is C11H20N2O4. The lowest BCUT2D eigenvalue weighted by Gasteiger charge is -2.35. The molecule has 1 rings (SSSR count). The normalized spacial score (nSPS) is 30.6. The van der Waals surface area contributed by atoms with Crippen molar-refractivity contribution >= 4 is 11.9 Å². The van der Waals surface area contributed by atoms with E-state index in [1.807, 2.05) is 6.92 Å². The smallest absolute Gasteiger partial charge is 0.334 e. The van der Waals surface area contributed by atoms with Crippen LogP contribution in [-0.4, -0.2) is 40.3 Å². The topological polar surface area (TPSA) is 113 Å². The lowest BCUT2D eigenvalue weighted by Crippen LogP contribution is -2.57. The van der Waals surface area contributed by atoms with Crippen LogP contribution in [0, 0.1) is 5.92 Å². The molecule has 0 saturated heterocycles. The molecule has 0 aromatic heterocycles. The second-order valence-corrected chi connectivity index (χ2v) is 4.92. The fraction of sp³-hybridized carbons (Fsp3) is 0.818. The van der Waals surface area contributed by atoms with Gasteiger partial charge in [-0.2, -0.15) is 0 Å². The van der Waals surface area contributed by atoms with Crippen LogP contribution in [0.5, 0.6) is 0 Å². The summed E-state index contributed by atoms with van der Waals surface area (Å²) < 4.78 is 0. The molecule has 0 heterocycles. The zero-order chi connectivity index (χ0) is 13.1. The molecule has 0 aliphatic heterocycles. The third-order valence-electron chi connectivity index (χ3n) is 3.23. The highest BCUT2D eigenvalue weighted by Gasteiger charge is 2.38. The molecule has 1 amide bonds. The van der Waals surface area contributed by atoms with E-state index in [1.165, 1.54) is 0 Å². The second-order valence-electron chi connectivity index (χ2n) is 4.92. The molecule has 1 aliphatic rings. The van der Waals surface area contributed by atoms with Crippen LogP contribution in [0.4, 0.5) is 0 Å². The lowest BCUT2D eigenvalue weighted by atomic mass is 9.76. The van der Waals surface area contributed by atoms with E-state index in [1.54, 1.807) is 0 Å². The quantitative estimate of drug-likeness (QED) is 0.530. The number of carboxylic acids is 1. The Labute approximate surface area is 100 Å².